The Kier molecular flexibility index (Phi) is 3.18. The van der Waals surface area contributed by atoms with E-state index in [1.54, 1.807) is 0 Å². The van der Waals surface area contributed by atoms with Crippen molar-refractivity contribution in [2.75, 3.05) is 11.4 Å². The fraction of sp³-hybridized carbons (Fsp3) is 0.235. The molecule has 0 aromatic heterocycles. The second-order valence-corrected chi connectivity index (χ2v) is 5.12. The van der Waals surface area contributed by atoms with Crippen molar-refractivity contribution in [2.45, 2.75) is 18.4 Å². The Morgan fingerprint density at radius 2 is 1.60 bits per heavy atom. The number of carboxylic acids is 1. The monoisotopic (exact) mass is 267 g/mol. The maximum atomic E-state index is 12.1. The van der Waals surface area contributed by atoms with Gasteiger partial charge in [-0.25, -0.2) is 4.79 Å². The highest BCUT2D eigenvalue weighted by Gasteiger charge is 2.49. The molecule has 3 rings (SSSR count). The zero-order valence-electron chi connectivity index (χ0n) is 11.2. The van der Waals surface area contributed by atoms with Gasteiger partial charge in [0.2, 0.25) is 0 Å². The van der Waals surface area contributed by atoms with Gasteiger partial charge in [-0.1, -0.05) is 48.5 Å². The van der Waals surface area contributed by atoms with Crippen LogP contribution in [0.25, 0.3) is 0 Å². The number of anilines is 1. The molecule has 20 heavy (non-hydrogen) atoms. The summed E-state index contributed by atoms with van der Waals surface area (Å²) in [5.74, 6) is -0.773. The molecule has 0 radical (unpaired) electrons. The maximum Gasteiger partial charge on any atom is 0.334 e. The molecule has 3 nitrogen and oxygen atoms in total. The van der Waals surface area contributed by atoms with Crippen LogP contribution in [0.3, 0.4) is 0 Å². The topological polar surface area (TPSA) is 40.5 Å². The summed E-state index contributed by atoms with van der Waals surface area (Å²) in [5, 5.41) is 9.91. The molecular formula is C17H17NO2. The lowest BCUT2D eigenvalue weighted by Gasteiger charge is -2.37. The van der Waals surface area contributed by atoms with Crippen molar-refractivity contribution in [2.24, 2.45) is 0 Å². The van der Waals surface area contributed by atoms with Gasteiger partial charge in [0.25, 0.3) is 0 Å². The fourth-order valence-electron chi connectivity index (χ4n) is 3.14. The third-order valence-electron chi connectivity index (χ3n) is 4.05. The summed E-state index contributed by atoms with van der Waals surface area (Å²) in [7, 11) is 0. The van der Waals surface area contributed by atoms with Gasteiger partial charge in [0, 0.05) is 12.2 Å². The Morgan fingerprint density at radius 3 is 2.20 bits per heavy atom. The van der Waals surface area contributed by atoms with Crippen molar-refractivity contribution in [3.05, 3.63) is 66.2 Å². The van der Waals surface area contributed by atoms with Gasteiger partial charge in [-0.05, 0) is 30.5 Å². The van der Waals surface area contributed by atoms with Crippen molar-refractivity contribution in [1.29, 1.82) is 0 Å². The minimum absolute atomic E-state index is 0.640. The molecule has 2 aromatic rings. The lowest BCUT2D eigenvalue weighted by Crippen LogP contribution is -2.48. The quantitative estimate of drug-likeness (QED) is 0.928. The Bertz CT molecular complexity index is 597. The van der Waals surface area contributed by atoms with Crippen LogP contribution in [0.4, 0.5) is 5.69 Å². The molecule has 1 heterocycles. The van der Waals surface area contributed by atoms with Crippen molar-refractivity contribution in [1.82, 2.24) is 0 Å². The van der Waals surface area contributed by atoms with Crippen molar-refractivity contribution in [3.63, 3.8) is 0 Å². The normalized spacial score (nSPS) is 21.9. The van der Waals surface area contributed by atoms with Crippen molar-refractivity contribution < 1.29 is 9.90 Å². The molecule has 1 atom stereocenters. The van der Waals surface area contributed by atoms with E-state index in [2.05, 4.69) is 0 Å². The minimum atomic E-state index is -0.942. The van der Waals surface area contributed by atoms with E-state index < -0.39 is 11.5 Å². The molecule has 0 aliphatic carbocycles. The summed E-state index contributed by atoms with van der Waals surface area (Å²) in [6.07, 6.45) is 1.53. The second-order valence-electron chi connectivity index (χ2n) is 5.12. The standard InChI is InChI=1S/C17H17NO2/c19-16(20)17(14-8-3-1-4-9-14)12-7-13-18(17)15-10-5-2-6-11-15/h1-6,8-11H,7,12-13H2,(H,19,20). The van der Waals surface area contributed by atoms with Gasteiger partial charge in [0.15, 0.2) is 5.54 Å². The molecular weight excluding hydrogens is 250 g/mol. The highest BCUT2D eigenvalue weighted by atomic mass is 16.4. The predicted octanol–water partition coefficient (Wildman–Crippen LogP) is 3.27. The first kappa shape index (κ1) is 12.7. The molecule has 2 aromatic carbocycles. The first-order valence-electron chi connectivity index (χ1n) is 6.87. The Morgan fingerprint density at radius 1 is 1.00 bits per heavy atom. The molecule has 1 fully saturated rings. The van der Waals surface area contributed by atoms with Gasteiger partial charge in [-0.15, -0.1) is 0 Å². The third-order valence-corrected chi connectivity index (χ3v) is 4.05. The zero-order chi connectivity index (χ0) is 14.0. The summed E-state index contributed by atoms with van der Waals surface area (Å²) < 4.78 is 0. The van der Waals surface area contributed by atoms with E-state index in [-0.39, 0.29) is 0 Å². The van der Waals surface area contributed by atoms with E-state index in [9.17, 15) is 9.90 Å². The van der Waals surface area contributed by atoms with Crippen LogP contribution in [0.5, 0.6) is 0 Å². The third kappa shape index (κ3) is 1.86. The smallest absolute Gasteiger partial charge is 0.334 e. The highest BCUT2D eigenvalue weighted by molar-refractivity contribution is 5.86. The largest absolute Gasteiger partial charge is 0.479 e. The van der Waals surface area contributed by atoms with Crippen LogP contribution in [0.1, 0.15) is 18.4 Å². The van der Waals surface area contributed by atoms with Gasteiger partial charge < -0.3 is 10.0 Å². The van der Waals surface area contributed by atoms with Gasteiger partial charge in [-0.2, -0.15) is 0 Å². The lowest BCUT2D eigenvalue weighted by molar-refractivity contribution is -0.143. The van der Waals surface area contributed by atoms with Gasteiger partial charge >= 0.3 is 5.97 Å². The molecule has 1 N–H and O–H groups in total. The SMILES string of the molecule is O=C(O)C1(c2ccccc2)CCCN1c1ccccc1. The number of hydrogen-bond acceptors (Lipinski definition) is 2. The number of carboxylic acid groups (broad SMARTS) is 1. The number of para-hydroxylation sites is 1. The summed E-state index contributed by atoms with van der Waals surface area (Å²) in [5.41, 5.74) is 0.882. The zero-order valence-corrected chi connectivity index (χ0v) is 11.2. The lowest BCUT2D eigenvalue weighted by atomic mass is 9.87. The molecule has 1 aliphatic rings. The predicted molar refractivity (Wildman–Crippen MR) is 78.8 cm³/mol. The summed E-state index contributed by atoms with van der Waals surface area (Å²) in [6.45, 7) is 0.769. The minimum Gasteiger partial charge on any atom is -0.479 e. The molecule has 1 unspecified atom stereocenters. The van der Waals surface area contributed by atoms with Crippen LogP contribution in [0, 0.1) is 0 Å². The van der Waals surface area contributed by atoms with Crippen molar-refractivity contribution in [3.8, 4) is 0 Å². The van der Waals surface area contributed by atoms with Gasteiger partial charge in [0.1, 0.15) is 0 Å². The summed E-state index contributed by atoms with van der Waals surface area (Å²) in [4.78, 5) is 14.1. The average molecular weight is 267 g/mol. The number of rotatable bonds is 3. The van der Waals surface area contributed by atoms with Gasteiger partial charge in [0.05, 0.1) is 0 Å². The van der Waals surface area contributed by atoms with Crippen LogP contribution in [0.15, 0.2) is 60.7 Å². The fourth-order valence-corrected chi connectivity index (χ4v) is 3.14. The molecule has 1 saturated heterocycles. The first-order valence-corrected chi connectivity index (χ1v) is 6.87. The molecule has 3 heteroatoms. The number of carbonyl (C=O) groups is 1. The van der Waals surface area contributed by atoms with E-state index in [1.807, 2.05) is 65.6 Å². The van der Waals surface area contributed by atoms with E-state index >= 15 is 0 Å². The van der Waals surface area contributed by atoms with Crippen LogP contribution >= 0.6 is 0 Å². The van der Waals surface area contributed by atoms with E-state index in [4.69, 9.17) is 0 Å². The van der Waals surface area contributed by atoms with Crippen LogP contribution in [-0.2, 0) is 10.3 Å². The van der Waals surface area contributed by atoms with E-state index in [0.717, 1.165) is 24.2 Å². The first-order chi connectivity index (χ1) is 9.75. The summed E-state index contributed by atoms with van der Waals surface area (Å²) in [6, 6.07) is 19.4. The Balaban J connectivity index is 2.13. The Hall–Kier alpha value is -2.29. The van der Waals surface area contributed by atoms with Gasteiger partial charge in [-0.3, -0.25) is 0 Å². The highest BCUT2D eigenvalue weighted by Crippen LogP contribution is 2.42. The van der Waals surface area contributed by atoms with Crippen LogP contribution in [0.2, 0.25) is 0 Å². The summed E-state index contributed by atoms with van der Waals surface area (Å²) >= 11 is 0. The number of hydrogen-bond donors (Lipinski definition) is 1. The number of benzene rings is 2. The Labute approximate surface area is 118 Å². The maximum absolute atomic E-state index is 12.1. The molecule has 0 bridgehead atoms. The molecule has 0 spiro atoms. The van der Waals surface area contributed by atoms with Crippen LogP contribution in [-0.4, -0.2) is 17.6 Å². The number of aliphatic carboxylic acids is 1. The van der Waals surface area contributed by atoms with Crippen LogP contribution < -0.4 is 4.90 Å². The van der Waals surface area contributed by atoms with E-state index in [0.29, 0.717) is 6.42 Å². The number of nitrogens with zero attached hydrogens (tertiary/aromatic N) is 1. The van der Waals surface area contributed by atoms with E-state index in [1.165, 1.54) is 0 Å². The second kappa shape index (κ2) is 5.00. The molecule has 102 valence electrons. The molecule has 1 aliphatic heterocycles. The van der Waals surface area contributed by atoms with Crippen molar-refractivity contribution >= 4 is 11.7 Å². The molecule has 0 saturated carbocycles. The molecule has 0 amide bonds. The average Bonchev–Trinajstić information content (AvgIpc) is 2.95.